The van der Waals surface area contributed by atoms with Crippen molar-refractivity contribution in [3.63, 3.8) is 0 Å². The number of hydrogen-bond acceptors (Lipinski definition) is 4. The van der Waals surface area contributed by atoms with Gasteiger partial charge in [0.1, 0.15) is 17.3 Å². The lowest BCUT2D eigenvalue weighted by Crippen LogP contribution is -2.22. The van der Waals surface area contributed by atoms with Crippen molar-refractivity contribution in [3.8, 4) is 11.8 Å². The Hall–Kier alpha value is -3.62. The second kappa shape index (κ2) is 7.95. The van der Waals surface area contributed by atoms with Crippen LogP contribution < -0.4 is 15.4 Å². The van der Waals surface area contributed by atoms with E-state index in [1.54, 1.807) is 19.9 Å². The highest BCUT2D eigenvalue weighted by Crippen LogP contribution is 2.25. The van der Waals surface area contributed by atoms with Crippen molar-refractivity contribution in [2.75, 3.05) is 10.6 Å². The molecule has 9 heteroatoms. The molecule has 0 radical (unpaired) electrons. The Morgan fingerprint density at radius 2 is 1.36 bits per heavy atom. The topological polar surface area (TPSA) is 76.1 Å². The van der Waals surface area contributed by atoms with Crippen molar-refractivity contribution in [3.05, 3.63) is 71.3 Å². The molecule has 2 amide bonds. The number of rotatable bonds is 4. The second-order valence-electron chi connectivity index (χ2n) is 5.76. The fourth-order valence-corrected chi connectivity index (χ4v) is 2.41. The normalized spacial score (nSPS) is 10.5. The molecule has 0 saturated heterocycles. The van der Waals surface area contributed by atoms with Gasteiger partial charge in [0.15, 0.2) is 11.6 Å². The molecule has 0 aliphatic carbocycles. The van der Waals surface area contributed by atoms with Crippen molar-refractivity contribution in [2.45, 2.75) is 13.8 Å². The third-order valence-electron chi connectivity index (χ3n) is 3.73. The van der Waals surface area contributed by atoms with E-state index in [9.17, 15) is 18.0 Å². The molecule has 1 heterocycles. The standard InChI is InChI=1S/C19H15F3N4O2/c1-10-16(25-18(27)26-17-13(21)7-5-8-14(17)22)11(2)24-19(23-10)28-15-9-4-3-6-12(15)20/h3-9H,1-2H3,(H2,25,26,27). The van der Waals surface area contributed by atoms with Gasteiger partial charge in [0.05, 0.1) is 17.1 Å². The number of nitrogens with one attached hydrogen (secondary N) is 2. The van der Waals surface area contributed by atoms with Crippen molar-refractivity contribution >= 4 is 17.4 Å². The lowest BCUT2D eigenvalue weighted by molar-refractivity contribution is 0.262. The Balaban J connectivity index is 1.78. The second-order valence-corrected chi connectivity index (χ2v) is 5.76. The van der Waals surface area contributed by atoms with Crippen LogP contribution in [0.5, 0.6) is 11.8 Å². The summed E-state index contributed by atoms with van der Waals surface area (Å²) in [6.45, 7) is 3.14. The first-order chi connectivity index (χ1) is 13.3. The van der Waals surface area contributed by atoms with E-state index in [4.69, 9.17) is 4.74 Å². The van der Waals surface area contributed by atoms with Crippen molar-refractivity contribution in [2.24, 2.45) is 0 Å². The molecule has 2 aromatic carbocycles. The molecule has 0 fully saturated rings. The van der Waals surface area contributed by atoms with Crippen LogP contribution >= 0.6 is 0 Å². The molecule has 0 spiro atoms. The average Bonchev–Trinajstić information content (AvgIpc) is 2.63. The van der Waals surface area contributed by atoms with Crippen molar-refractivity contribution < 1.29 is 22.7 Å². The number of para-hydroxylation sites is 2. The number of nitrogens with zero attached hydrogens (tertiary/aromatic N) is 2. The largest absolute Gasteiger partial charge is 0.421 e. The van der Waals surface area contributed by atoms with Gasteiger partial charge in [-0.3, -0.25) is 0 Å². The highest BCUT2D eigenvalue weighted by Gasteiger charge is 2.16. The number of aryl methyl sites for hydroxylation is 2. The van der Waals surface area contributed by atoms with Gasteiger partial charge in [0.25, 0.3) is 0 Å². The zero-order valence-electron chi connectivity index (χ0n) is 14.9. The summed E-state index contributed by atoms with van der Waals surface area (Å²) in [5.74, 6) is -2.44. The van der Waals surface area contributed by atoms with Crippen LogP contribution in [0.1, 0.15) is 11.4 Å². The molecular formula is C19H15F3N4O2. The number of hydrogen-bond donors (Lipinski definition) is 2. The lowest BCUT2D eigenvalue weighted by atomic mass is 10.3. The Labute approximate surface area is 158 Å². The van der Waals surface area contributed by atoms with E-state index < -0.39 is 29.2 Å². The van der Waals surface area contributed by atoms with Crippen LogP contribution in [0.15, 0.2) is 42.5 Å². The molecule has 0 atom stereocenters. The molecule has 144 valence electrons. The van der Waals surface area contributed by atoms with Gasteiger partial charge in [0, 0.05) is 0 Å². The van der Waals surface area contributed by atoms with E-state index in [1.165, 1.54) is 24.3 Å². The molecule has 1 aromatic heterocycles. The summed E-state index contributed by atoms with van der Waals surface area (Å²) in [4.78, 5) is 20.3. The van der Waals surface area contributed by atoms with Crippen LogP contribution in [0.2, 0.25) is 0 Å². The number of anilines is 2. The zero-order chi connectivity index (χ0) is 20.3. The van der Waals surface area contributed by atoms with E-state index in [0.717, 1.165) is 12.1 Å². The van der Waals surface area contributed by atoms with Gasteiger partial charge < -0.3 is 15.4 Å². The molecule has 0 saturated carbocycles. The molecule has 6 nitrogen and oxygen atoms in total. The van der Waals surface area contributed by atoms with E-state index in [1.807, 2.05) is 0 Å². The van der Waals surface area contributed by atoms with Crippen LogP contribution in [0.4, 0.5) is 29.3 Å². The number of ether oxygens (including phenoxy) is 1. The van der Waals surface area contributed by atoms with Gasteiger partial charge in [-0.2, -0.15) is 9.97 Å². The van der Waals surface area contributed by atoms with Crippen LogP contribution in [-0.4, -0.2) is 16.0 Å². The molecular weight excluding hydrogens is 373 g/mol. The summed E-state index contributed by atoms with van der Waals surface area (Å²) >= 11 is 0. The molecule has 0 unspecified atom stereocenters. The highest BCUT2D eigenvalue weighted by atomic mass is 19.1. The number of carbonyl (C=O) groups excluding carboxylic acids is 1. The zero-order valence-corrected chi connectivity index (χ0v) is 14.9. The SMILES string of the molecule is Cc1nc(Oc2ccccc2F)nc(C)c1NC(=O)Nc1c(F)cccc1F. The third kappa shape index (κ3) is 4.20. The van der Waals surface area contributed by atoms with E-state index in [0.29, 0.717) is 11.4 Å². The van der Waals surface area contributed by atoms with Crippen LogP contribution in [0, 0.1) is 31.3 Å². The monoisotopic (exact) mass is 388 g/mol. The summed E-state index contributed by atoms with van der Waals surface area (Å²) in [6, 6.07) is 8.02. The Morgan fingerprint density at radius 3 is 1.96 bits per heavy atom. The Kier molecular flexibility index (Phi) is 5.44. The van der Waals surface area contributed by atoms with Gasteiger partial charge in [0.2, 0.25) is 0 Å². The average molecular weight is 388 g/mol. The van der Waals surface area contributed by atoms with E-state index >= 15 is 0 Å². The molecule has 0 aliphatic heterocycles. The van der Waals surface area contributed by atoms with Crippen LogP contribution in [-0.2, 0) is 0 Å². The summed E-state index contributed by atoms with van der Waals surface area (Å²) < 4.78 is 46.3. The number of urea groups is 1. The highest BCUT2D eigenvalue weighted by molar-refractivity contribution is 6.00. The quantitative estimate of drug-likeness (QED) is 0.663. The maximum Gasteiger partial charge on any atom is 0.323 e. The molecule has 28 heavy (non-hydrogen) atoms. The number of amides is 2. The predicted octanol–water partition coefficient (Wildman–Crippen LogP) is 4.95. The first kappa shape index (κ1) is 19.2. The molecule has 0 aliphatic rings. The van der Waals surface area contributed by atoms with Gasteiger partial charge >= 0.3 is 12.0 Å². The fraction of sp³-hybridized carbons (Fsp3) is 0.105. The van der Waals surface area contributed by atoms with Gasteiger partial charge in [-0.15, -0.1) is 0 Å². The van der Waals surface area contributed by atoms with Crippen molar-refractivity contribution in [1.82, 2.24) is 9.97 Å². The summed E-state index contributed by atoms with van der Waals surface area (Å²) in [7, 11) is 0. The number of benzene rings is 2. The summed E-state index contributed by atoms with van der Waals surface area (Å²) in [5, 5.41) is 4.55. The maximum atomic E-state index is 13.7. The number of carbonyl (C=O) groups is 1. The van der Waals surface area contributed by atoms with E-state index in [2.05, 4.69) is 20.6 Å². The molecule has 0 bridgehead atoms. The van der Waals surface area contributed by atoms with E-state index in [-0.39, 0.29) is 17.4 Å². The first-order valence-corrected chi connectivity index (χ1v) is 8.15. The summed E-state index contributed by atoms with van der Waals surface area (Å²) in [5.41, 5.74) is 0.303. The number of halogens is 3. The Bertz CT molecular complexity index is 1000. The molecule has 3 rings (SSSR count). The smallest absolute Gasteiger partial charge is 0.323 e. The van der Waals surface area contributed by atoms with Crippen molar-refractivity contribution in [1.29, 1.82) is 0 Å². The fourth-order valence-electron chi connectivity index (χ4n) is 2.41. The minimum Gasteiger partial charge on any atom is -0.421 e. The predicted molar refractivity (Wildman–Crippen MR) is 97.0 cm³/mol. The maximum absolute atomic E-state index is 13.7. The Morgan fingerprint density at radius 1 is 0.821 bits per heavy atom. The third-order valence-corrected chi connectivity index (χ3v) is 3.73. The summed E-state index contributed by atoms with van der Waals surface area (Å²) in [6.07, 6.45) is 0. The number of aromatic nitrogens is 2. The minimum absolute atomic E-state index is 0.0465. The van der Waals surface area contributed by atoms with Gasteiger partial charge in [-0.05, 0) is 38.1 Å². The van der Waals surface area contributed by atoms with Gasteiger partial charge in [-0.25, -0.2) is 18.0 Å². The molecule has 3 aromatic rings. The minimum atomic E-state index is -0.909. The molecule has 2 N–H and O–H groups in total. The van der Waals surface area contributed by atoms with Crippen LogP contribution in [0.25, 0.3) is 0 Å². The first-order valence-electron chi connectivity index (χ1n) is 8.15. The lowest BCUT2D eigenvalue weighted by Gasteiger charge is -2.13. The van der Waals surface area contributed by atoms with Gasteiger partial charge in [-0.1, -0.05) is 18.2 Å². The van der Waals surface area contributed by atoms with Crippen LogP contribution in [0.3, 0.4) is 0 Å².